The Hall–Kier alpha value is -1.92. The van der Waals surface area contributed by atoms with E-state index >= 15 is 0 Å². The number of alkyl halides is 3. The number of benzene rings is 1. The van der Waals surface area contributed by atoms with E-state index in [9.17, 15) is 18.0 Å². The van der Waals surface area contributed by atoms with E-state index in [-0.39, 0.29) is 11.4 Å². The number of hydrazine groups is 1. The summed E-state index contributed by atoms with van der Waals surface area (Å²) in [5.41, 5.74) is 3.91. The number of amides is 1. The van der Waals surface area contributed by atoms with Crippen LogP contribution in [0.15, 0.2) is 18.2 Å². The van der Waals surface area contributed by atoms with Crippen LogP contribution in [0.3, 0.4) is 0 Å². The van der Waals surface area contributed by atoms with Gasteiger partial charge in [-0.2, -0.15) is 13.2 Å². The van der Waals surface area contributed by atoms with Crippen molar-refractivity contribution >= 4 is 12.1 Å². The number of ether oxygens (including phenoxy) is 1. The van der Waals surface area contributed by atoms with Crippen LogP contribution in [0.2, 0.25) is 0 Å². The molecule has 16 heavy (non-hydrogen) atoms. The fraction of sp³-hybridized carbons (Fsp3) is 0.222. The molecule has 4 nitrogen and oxygen atoms in total. The van der Waals surface area contributed by atoms with E-state index in [1.807, 2.05) is 0 Å². The van der Waals surface area contributed by atoms with Crippen molar-refractivity contribution in [1.82, 2.24) is 5.43 Å². The maximum Gasteiger partial charge on any atom is 0.416 e. The predicted molar refractivity (Wildman–Crippen MR) is 50.8 cm³/mol. The molecule has 0 aliphatic rings. The minimum Gasteiger partial charge on any atom is -0.495 e. The summed E-state index contributed by atoms with van der Waals surface area (Å²) in [5.74, 6) is -0.0100. The second kappa shape index (κ2) is 4.73. The summed E-state index contributed by atoms with van der Waals surface area (Å²) in [6, 6.07) is 2.89. The van der Waals surface area contributed by atoms with Gasteiger partial charge in [0.2, 0.25) is 6.41 Å². The van der Waals surface area contributed by atoms with Crippen LogP contribution in [0.5, 0.6) is 5.75 Å². The number of methoxy groups -OCH3 is 1. The molecule has 1 amide bonds. The van der Waals surface area contributed by atoms with Crippen molar-refractivity contribution in [3.8, 4) is 5.75 Å². The van der Waals surface area contributed by atoms with Gasteiger partial charge in [0.25, 0.3) is 0 Å². The number of carbonyl (C=O) groups is 1. The lowest BCUT2D eigenvalue weighted by atomic mass is 10.2. The number of carbonyl (C=O) groups excluding carboxylic acids is 1. The molecule has 0 spiro atoms. The highest BCUT2D eigenvalue weighted by Gasteiger charge is 2.31. The first-order valence-corrected chi connectivity index (χ1v) is 4.19. The molecule has 2 N–H and O–H groups in total. The summed E-state index contributed by atoms with van der Waals surface area (Å²) in [6.07, 6.45) is -4.07. The Labute approximate surface area is 89.4 Å². The molecule has 0 radical (unpaired) electrons. The lowest BCUT2D eigenvalue weighted by Gasteiger charge is -2.13. The van der Waals surface area contributed by atoms with Crippen LogP contribution in [0.25, 0.3) is 0 Å². The third-order valence-electron chi connectivity index (χ3n) is 1.79. The quantitative estimate of drug-likeness (QED) is 0.616. The maximum atomic E-state index is 12.3. The Bertz CT molecular complexity index is 380. The first-order valence-electron chi connectivity index (χ1n) is 4.19. The van der Waals surface area contributed by atoms with Crippen molar-refractivity contribution in [2.24, 2.45) is 0 Å². The van der Waals surface area contributed by atoms with Crippen molar-refractivity contribution in [3.63, 3.8) is 0 Å². The molecule has 0 heterocycles. The van der Waals surface area contributed by atoms with Gasteiger partial charge in [-0.15, -0.1) is 0 Å². The van der Waals surface area contributed by atoms with Crippen LogP contribution in [-0.4, -0.2) is 13.5 Å². The zero-order valence-corrected chi connectivity index (χ0v) is 8.26. The molecule has 0 unspecified atom stereocenters. The summed E-state index contributed by atoms with van der Waals surface area (Å²) in [6.45, 7) is 0. The standard InChI is InChI=1S/C9H9F3N2O2/c1-16-8-4-6(9(10,11)12)2-3-7(8)14-13-5-15/h2-5,14H,1H3,(H,13,15). The summed E-state index contributed by atoms with van der Waals surface area (Å²) < 4.78 is 41.8. The van der Waals surface area contributed by atoms with Crippen molar-refractivity contribution in [1.29, 1.82) is 0 Å². The molecular weight excluding hydrogens is 225 g/mol. The van der Waals surface area contributed by atoms with Crippen molar-refractivity contribution < 1.29 is 22.7 Å². The predicted octanol–water partition coefficient (Wildman–Crippen LogP) is 1.79. The van der Waals surface area contributed by atoms with Gasteiger partial charge >= 0.3 is 6.18 Å². The van der Waals surface area contributed by atoms with E-state index in [0.717, 1.165) is 18.2 Å². The molecule has 0 fully saturated rings. The highest BCUT2D eigenvalue weighted by Crippen LogP contribution is 2.34. The number of hydrogen-bond donors (Lipinski definition) is 2. The highest BCUT2D eigenvalue weighted by atomic mass is 19.4. The zero-order valence-electron chi connectivity index (χ0n) is 8.26. The number of anilines is 1. The van der Waals surface area contributed by atoms with Crippen LogP contribution in [-0.2, 0) is 11.0 Å². The van der Waals surface area contributed by atoms with E-state index in [2.05, 4.69) is 10.9 Å². The van der Waals surface area contributed by atoms with Gasteiger partial charge in [0.1, 0.15) is 5.75 Å². The number of nitrogens with one attached hydrogen (secondary N) is 2. The Morgan fingerprint density at radius 2 is 2.06 bits per heavy atom. The van der Waals surface area contributed by atoms with Gasteiger partial charge in [-0.25, -0.2) is 0 Å². The van der Waals surface area contributed by atoms with E-state index < -0.39 is 11.7 Å². The summed E-state index contributed by atoms with van der Waals surface area (Å²) >= 11 is 0. The second-order valence-corrected chi connectivity index (χ2v) is 2.80. The molecule has 0 aliphatic carbocycles. The molecule has 1 aromatic carbocycles. The van der Waals surface area contributed by atoms with Gasteiger partial charge in [-0.1, -0.05) is 0 Å². The monoisotopic (exact) mass is 234 g/mol. The summed E-state index contributed by atoms with van der Waals surface area (Å²) in [7, 11) is 1.24. The number of rotatable bonds is 4. The van der Waals surface area contributed by atoms with Gasteiger partial charge in [0.05, 0.1) is 18.4 Å². The normalized spacial score (nSPS) is 10.8. The molecule has 7 heteroatoms. The van der Waals surface area contributed by atoms with E-state index in [4.69, 9.17) is 4.74 Å². The Morgan fingerprint density at radius 1 is 1.38 bits per heavy atom. The highest BCUT2D eigenvalue weighted by molar-refractivity contribution is 5.61. The zero-order chi connectivity index (χ0) is 12.2. The molecular formula is C9H9F3N2O2. The third kappa shape index (κ3) is 2.78. The smallest absolute Gasteiger partial charge is 0.416 e. The number of hydrogen-bond acceptors (Lipinski definition) is 3. The lowest BCUT2D eigenvalue weighted by Crippen LogP contribution is -2.19. The fourth-order valence-electron chi connectivity index (χ4n) is 1.08. The molecule has 1 rings (SSSR count). The molecule has 0 atom stereocenters. The van der Waals surface area contributed by atoms with Crippen molar-refractivity contribution in [2.75, 3.05) is 12.5 Å². The molecule has 88 valence electrons. The van der Waals surface area contributed by atoms with Crippen molar-refractivity contribution in [3.05, 3.63) is 23.8 Å². The SMILES string of the molecule is COc1cc(C(F)(F)F)ccc1NNC=O. The van der Waals surface area contributed by atoms with Gasteiger partial charge < -0.3 is 4.74 Å². The Kier molecular flexibility index (Phi) is 3.60. The van der Waals surface area contributed by atoms with E-state index in [1.165, 1.54) is 7.11 Å². The number of halogens is 3. The Balaban J connectivity index is 3.02. The van der Waals surface area contributed by atoms with Crippen LogP contribution < -0.4 is 15.6 Å². The van der Waals surface area contributed by atoms with Crippen molar-refractivity contribution in [2.45, 2.75) is 6.18 Å². The first-order chi connectivity index (χ1) is 7.49. The summed E-state index contributed by atoms with van der Waals surface area (Å²) in [5, 5.41) is 0. The average Bonchev–Trinajstić information content (AvgIpc) is 2.24. The molecule has 0 bridgehead atoms. The minimum absolute atomic E-state index is 0.0100. The van der Waals surface area contributed by atoms with Crippen LogP contribution in [0, 0.1) is 0 Å². The molecule has 1 aromatic rings. The first kappa shape index (κ1) is 12.2. The largest absolute Gasteiger partial charge is 0.495 e. The van der Waals surface area contributed by atoms with Crippen LogP contribution in [0.1, 0.15) is 5.56 Å². The van der Waals surface area contributed by atoms with Gasteiger partial charge in [0.15, 0.2) is 0 Å². The second-order valence-electron chi connectivity index (χ2n) is 2.80. The van der Waals surface area contributed by atoms with Gasteiger partial charge in [-0.3, -0.25) is 15.6 Å². The minimum atomic E-state index is -4.43. The fourth-order valence-corrected chi connectivity index (χ4v) is 1.08. The summed E-state index contributed by atoms with van der Waals surface area (Å²) in [4.78, 5) is 10.0. The molecule has 0 saturated heterocycles. The van der Waals surface area contributed by atoms with Crippen LogP contribution in [0.4, 0.5) is 18.9 Å². The topological polar surface area (TPSA) is 50.4 Å². The van der Waals surface area contributed by atoms with E-state index in [1.54, 1.807) is 0 Å². The maximum absolute atomic E-state index is 12.3. The van der Waals surface area contributed by atoms with E-state index in [0.29, 0.717) is 6.41 Å². The van der Waals surface area contributed by atoms with Crippen LogP contribution >= 0.6 is 0 Å². The van der Waals surface area contributed by atoms with Gasteiger partial charge in [-0.05, 0) is 18.2 Å². The molecule has 0 aliphatic heterocycles. The van der Waals surface area contributed by atoms with Gasteiger partial charge in [0, 0.05) is 0 Å². The molecule has 0 aromatic heterocycles. The molecule has 0 saturated carbocycles. The lowest BCUT2D eigenvalue weighted by molar-refractivity contribution is -0.137. The third-order valence-corrected chi connectivity index (χ3v) is 1.79. The average molecular weight is 234 g/mol. The Morgan fingerprint density at radius 3 is 2.56 bits per heavy atom.